The third-order valence-electron chi connectivity index (χ3n) is 3.95. The van der Waals surface area contributed by atoms with Crippen LogP contribution in [0.3, 0.4) is 0 Å². The summed E-state index contributed by atoms with van der Waals surface area (Å²) in [7, 11) is 4.29. The average Bonchev–Trinajstić information content (AvgIpc) is 3.04. The maximum Gasteiger partial charge on any atom is 0.311 e. The summed E-state index contributed by atoms with van der Waals surface area (Å²) in [6.07, 6.45) is -0.172. The molecule has 10 nitrogen and oxygen atoms in total. The lowest BCUT2D eigenvalue weighted by Gasteiger charge is -2.09. The number of rotatable bonds is 6. The minimum absolute atomic E-state index is 0.103. The molecule has 2 N–H and O–H groups in total. The number of nitrogens with one attached hydrogen (secondary N) is 2. The Balaban J connectivity index is 2.07. The maximum absolute atomic E-state index is 12.4. The Morgan fingerprint density at radius 1 is 1.21 bits per heavy atom. The molecule has 2 aromatic heterocycles. The number of ether oxygens (including phenoxy) is 3. The predicted octanol–water partition coefficient (Wildman–Crippen LogP) is 1.37. The Labute approximate surface area is 159 Å². The molecule has 2 heterocycles. The molecule has 0 saturated heterocycles. The Kier molecular flexibility index (Phi) is 5.17. The molecule has 28 heavy (non-hydrogen) atoms. The summed E-state index contributed by atoms with van der Waals surface area (Å²) in [5.41, 5.74) is 0.539. The van der Waals surface area contributed by atoms with E-state index in [1.165, 1.54) is 27.4 Å². The van der Waals surface area contributed by atoms with Crippen LogP contribution in [0.25, 0.3) is 5.65 Å². The summed E-state index contributed by atoms with van der Waals surface area (Å²) in [5, 5.41) is 15.4. The molecule has 144 valence electrons. The average molecular weight is 383 g/mol. The fourth-order valence-electron chi connectivity index (χ4n) is 2.62. The van der Waals surface area contributed by atoms with Crippen LogP contribution in [0.4, 0.5) is 11.5 Å². The van der Waals surface area contributed by atoms with E-state index in [-0.39, 0.29) is 29.1 Å². The number of aromatic amines is 1. The van der Waals surface area contributed by atoms with E-state index in [1.807, 2.05) is 6.07 Å². The van der Waals surface area contributed by atoms with Gasteiger partial charge < -0.3 is 19.5 Å². The number of hydrogen-bond donors (Lipinski definition) is 2. The van der Waals surface area contributed by atoms with E-state index < -0.39 is 11.5 Å². The van der Waals surface area contributed by atoms with E-state index in [2.05, 4.69) is 20.1 Å². The molecular weight excluding hydrogens is 366 g/mol. The summed E-state index contributed by atoms with van der Waals surface area (Å²) < 4.78 is 16.2. The molecule has 3 aromatic rings. The normalized spacial score (nSPS) is 10.4. The van der Waals surface area contributed by atoms with Gasteiger partial charge in [-0.15, -0.1) is 0 Å². The van der Waals surface area contributed by atoms with Crippen LogP contribution in [0.1, 0.15) is 11.3 Å². The monoisotopic (exact) mass is 383 g/mol. The summed E-state index contributed by atoms with van der Waals surface area (Å²) >= 11 is 0. The number of esters is 1. The van der Waals surface area contributed by atoms with Gasteiger partial charge in [0, 0.05) is 30.0 Å². The molecule has 1 aromatic carbocycles. The van der Waals surface area contributed by atoms with Crippen LogP contribution in [-0.2, 0) is 16.0 Å². The molecule has 0 fully saturated rings. The first-order valence-electron chi connectivity index (χ1n) is 8.10. The van der Waals surface area contributed by atoms with Crippen molar-refractivity contribution >= 4 is 23.1 Å². The van der Waals surface area contributed by atoms with Crippen molar-refractivity contribution in [1.29, 1.82) is 5.26 Å². The van der Waals surface area contributed by atoms with Gasteiger partial charge in [0.15, 0.2) is 5.65 Å². The van der Waals surface area contributed by atoms with Crippen molar-refractivity contribution in [3.63, 3.8) is 0 Å². The van der Waals surface area contributed by atoms with Gasteiger partial charge in [0.1, 0.15) is 28.9 Å². The highest BCUT2D eigenvalue weighted by molar-refractivity contribution is 5.74. The van der Waals surface area contributed by atoms with Gasteiger partial charge in [0.25, 0.3) is 5.56 Å². The molecule has 0 unspecified atom stereocenters. The zero-order valence-corrected chi connectivity index (χ0v) is 15.4. The highest BCUT2D eigenvalue weighted by Gasteiger charge is 2.17. The number of fused-ring (bicyclic) bond motifs is 1. The van der Waals surface area contributed by atoms with Crippen LogP contribution >= 0.6 is 0 Å². The molecule has 0 aliphatic heterocycles. The molecule has 0 amide bonds. The lowest BCUT2D eigenvalue weighted by Crippen LogP contribution is -2.17. The van der Waals surface area contributed by atoms with E-state index >= 15 is 0 Å². The number of nitrogens with zero attached hydrogens (tertiary/aromatic N) is 3. The van der Waals surface area contributed by atoms with Gasteiger partial charge in [-0.3, -0.25) is 14.7 Å². The summed E-state index contributed by atoms with van der Waals surface area (Å²) in [6, 6.07) is 8.34. The number of carbonyl (C=O) groups excluding carboxylic acids is 1. The molecule has 0 radical (unpaired) electrons. The number of hydrogen-bond acceptors (Lipinski definition) is 8. The van der Waals surface area contributed by atoms with Crippen molar-refractivity contribution < 1.29 is 19.0 Å². The van der Waals surface area contributed by atoms with E-state index in [0.717, 1.165) is 4.52 Å². The van der Waals surface area contributed by atoms with E-state index in [4.69, 9.17) is 9.47 Å². The molecule has 0 atom stereocenters. The number of anilines is 2. The van der Waals surface area contributed by atoms with Crippen LogP contribution in [-0.4, -0.2) is 41.9 Å². The van der Waals surface area contributed by atoms with Crippen molar-refractivity contribution in [1.82, 2.24) is 14.6 Å². The van der Waals surface area contributed by atoms with Gasteiger partial charge in [-0.25, -0.2) is 4.98 Å². The van der Waals surface area contributed by atoms with Gasteiger partial charge in [-0.1, -0.05) is 0 Å². The van der Waals surface area contributed by atoms with Crippen molar-refractivity contribution in [2.75, 3.05) is 26.6 Å². The Morgan fingerprint density at radius 2 is 1.89 bits per heavy atom. The van der Waals surface area contributed by atoms with Crippen molar-refractivity contribution in [2.45, 2.75) is 6.42 Å². The quantitative estimate of drug-likeness (QED) is 0.610. The van der Waals surface area contributed by atoms with Crippen molar-refractivity contribution in [3.8, 4) is 17.6 Å². The summed E-state index contributed by atoms with van der Waals surface area (Å²) in [6.45, 7) is 0. The third kappa shape index (κ3) is 3.59. The van der Waals surface area contributed by atoms with Crippen LogP contribution < -0.4 is 20.3 Å². The highest BCUT2D eigenvalue weighted by Crippen LogP contribution is 2.29. The summed E-state index contributed by atoms with van der Waals surface area (Å²) in [5.74, 6) is 0.823. The predicted molar refractivity (Wildman–Crippen MR) is 99.1 cm³/mol. The topological polar surface area (TPSA) is 131 Å². The number of benzene rings is 1. The largest absolute Gasteiger partial charge is 0.497 e. The lowest BCUT2D eigenvalue weighted by molar-refractivity contribution is -0.139. The van der Waals surface area contributed by atoms with Crippen LogP contribution in [0.5, 0.6) is 11.5 Å². The molecule has 3 rings (SSSR count). The minimum Gasteiger partial charge on any atom is -0.497 e. The molecule has 0 saturated carbocycles. The van der Waals surface area contributed by atoms with Gasteiger partial charge in [0.05, 0.1) is 33.4 Å². The van der Waals surface area contributed by atoms with E-state index in [0.29, 0.717) is 17.2 Å². The van der Waals surface area contributed by atoms with Crippen LogP contribution in [0.15, 0.2) is 29.1 Å². The second-order valence-corrected chi connectivity index (χ2v) is 5.70. The molecule has 0 spiro atoms. The van der Waals surface area contributed by atoms with Gasteiger partial charge in [0.2, 0.25) is 0 Å². The number of aromatic nitrogens is 3. The molecule has 10 heteroatoms. The fraction of sp³-hybridized carbons (Fsp3) is 0.222. The summed E-state index contributed by atoms with van der Waals surface area (Å²) in [4.78, 5) is 28.1. The molecule has 0 aliphatic rings. The first-order chi connectivity index (χ1) is 13.5. The van der Waals surface area contributed by atoms with Gasteiger partial charge in [-0.2, -0.15) is 9.78 Å². The molecule has 0 bridgehead atoms. The third-order valence-corrected chi connectivity index (χ3v) is 3.95. The van der Waals surface area contributed by atoms with E-state index in [1.54, 1.807) is 18.2 Å². The SMILES string of the molecule is COC(=O)Cc1cc(=O)n2[nH]c(Nc3cc(OC)cc(OC)c3)c(C#N)c2n1. The number of nitriles is 1. The number of carbonyl (C=O) groups is 1. The standard InChI is InChI=1S/C18H17N5O5/c1-26-12-4-10(5-13(8-12)27-2)20-17-14(9-19)18-21-11(7-16(25)28-3)6-15(24)23(18)22-17/h4-6,8,20,22H,7H2,1-3H3. The lowest BCUT2D eigenvalue weighted by atomic mass is 10.2. The molecular formula is C18H17N5O5. The first kappa shape index (κ1) is 18.8. The smallest absolute Gasteiger partial charge is 0.311 e. The Bertz CT molecular complexity index is 1120. The van der Waals surface area contributed by atoms with Crippen molar-refractivity contribution in [3.05, 3.63) is 45.9 Å². The van der Waals surface area contributed by atoms with Gasteiger partial charge >= 0.3 is 5.97 Å². The zero-order chi connectivity index (χ0) is 20.3. The Hall–Kier alpha value is -4.00. The second kappa shape index (κ2) is 7.71. The highest BCUT2D eigenvalue weighted by atomic mass is 16.5. The number of methoxy groups -OCH3 is 3. The van der Waals surface area contributed by atoms with Crippen LogP contribution in [0, 0.1) is 11.3 Å². The minimum atomic E-state index is -0.535. The number of H-pyrrole nitrogens is 1. The second-order valence-electron chi connectivity index (χ2n) is 5.70. The van der Waals surface area contributed by atoms with Gasteiger partial charge in [-0.05, 0) is 0 Å². The van der Waals surface area contributed by atoms with Crippen molar-refractivity contribution in [2.24, 2.45) is 0 Å². The fourth-order valence-corrected chi connectivity index (χ4v) is 2.62. The first-order valence-corrected chi connectivity index (χ1v) is 8.10. The van der Waals surface area contributed by atoms with Crippen LogP contribution in [0.2, 0.25) is 0 Å². The Morgan fingerprint density at radius 3 is 2.46 bits per heavy atom. The van der Waals surface area contributed by atoms with E-state index in [9.17, 15) is 14.9 Å². The molecule has 0 aliphatic carbocycles. The zero-order valence-electron chi connectivity index (χ0n) is 15.4. The maximum atomic E-state index is 12.4.